The first kappa shape index (κ1) is 18.4. The maximum Gasteiger partial charge on any atom is 0.337 e. The van der Waals surface area contributed by atoms with E-state index >= 15 is 0 Å². The summed E-state index contributed by atoms with van der Waals surface area (Å²) in [6.45, 7) is 0. The van der Waals surface area contributed by atoms with Crippen molar-refractivity contribution in [1.82, 2.24) is 0 Å². The summed E-state index contributed by atoms with van der Waals surface area (Å²) >= 11 is 5.86. The van der Waals surface area contributed by atoms with Crippen molar-refractivity contribution in [3.63, 3.8) is 0 Å². The van der Waals surface area contributed by atoms with E-state index in [9.17, 15) is 14.0 Å². The Bertz CT molecular complexity index is 1020. The summed E-state index contributed by atoms with van der Waals surface area (Å²) in [4.78, 5) is 22.9. The van der Waals surface area contributed by atoms with Gasteiger partial charge in [-0.05, 0) is 60.7 Å². The summed E-state index contributed by atoms with van der Waals surface area (Å²) in [5, 5.41) is 11.5. The van der Waals surface area contributed by atoms with Crippen LogP contribution in [0, 0.1) is 5.82 Å². The van der Waals surface area contributed by atoms with Gasteiger partial charge in [-0.1, -0.05) is 11.6 Å². The van der Waals surface area contributed by atoms with Gasteiger partial charge in [-0.15, -0.1) is 0 Å². The molecule has 1 amide bonds. The van der Waals surface area contributed by atoms with Gasteiger partial charge in [0.25, 0.3) is 0 Å². The van der Waals surface area contributed by atoms with Crippen LogP contribution in [-0.2, 0) is 4.79 Å². The number of halogens is 2. The third-order valence-electron chi connectivity index (χ3n) is 3.62. The number of benzene rings is 2. The van der Waals surface area contributed by atoms with E-state index in [4.69, 9.17) is 21.1 Å². The Morgan fingerprint density at radius 2 is 1.81 bits per heavy atom. The second kappa shape index (κ2) is 7.88. The third kappa shape index (κ3) is 4.62. The Hall–Kier alpha value is -3.38. The van der Waals surface area contributed by atoms with Crippen molar-refractivity contribution in [2.24, 2.45) is 0 Å². The van der Waals surface area contributed by atoms with E-state index in [1.165, 1.54) is 42.5 Å². The highest BCUT2D eigenvalue weighted by atomic mass is 35.5. The van der Waals surface area contributed by atoms with Crippen LogP contribution in [0.15, 0.2) is 65.1 Å². The van der Waals surface area contributed by atoms with E-state index in [0.29, 0.717) is 22.8 Å². The van der Waals surface area contributed by atoms with Gasteiger partial charge in [-0.3, -0.25) is 4.79 Å². The van der Waals surface area contributed by atoms with Gasteiger partial charge in [0.05, 0.1) is 10.6 Å². The van der Waals surface area contributed by atoms with Crippen molar-refractivity contribution in [1.29, 1.82) is 0 Å². The summed E-state index contributed by atoms with van der Waals surface area (Å²) in [6.07, 6.45) is 2.75. The average Bonchev–Trinajstić information content (AvgIpc) is 3.09. The maximum absolute atomic E-state index is 13.0. The van der Waals surface area contributed by atoms with Crippen molar-refractivity contribution >= 4 is 35.2 Å². The smallest absolute Gasteiger partial charge is 0.337 e. The van der Waals surface area contributed by atoms with Crippen molar-refractivity contribution < 1.29 is 23.5 Å². The molecule has 0 bridgehead atoms. The minimum Gasteiger partial charge on any atom is -0.478 e. The number of anilines is 1. The third-order valence-corrected chi connectivity index (χ3v) is 3.93. The standard InChI is InChI=1S/C20H13ClFNO4/c21-17-11-14(5-8-16(17)20(25)26)23-19(24)10-7-15-6-9-18(27-15)12-1-3-13(22)4-2-12/h1-11H,(H,23,24)(H,25,26)/b10-7+. The molecule has 0 fully saturated rings. The number of rotatable bonds is 5. The molecular formula is C20H13ClFNO4. The lowest BCUT2D eigenvalue weighted by molar-refractivity contribution is -0.111. The Balaban J connectivity index is 1.66. The van der Waals surface area contributed by atoms with Gasteiger partial charge in [0, 0.05) is 17.3 Å². The largest absolute Gasteiger partial charge is 0.478 e. The summed E-state index contributed by atoms with van der Waals surface area (Å²) in [6, 6.07) is 13.4. The zero-order valence-corrected chi connectivity index (χ0v) is 14.5. The quantitative estimate of drug-likeness (QED) is 0.599. The molecule has 7 heteroatoms. The SMILES string of the molecule is O=C(/C=C/c1ccc(-c2ccc(F)cc2)o1)Nc1ccc(C(=O)O)c(Cl)c1. The van der Waals surface area contributed by atoms with Crippen LogP contribution in [-0.4, -0.2) is 17.0 Å². The molecule has 136 valence electrons. The number of furan rings is 1. The highest BCUT2D eigenvalue weighted by Gasteiger charge is 2.09. The molecule has 3 rings (SSSR count). The van der Waals surface area contributed by atoms with Crippen molar-refractivity contribution in [3.8, 4) is 11.3 Å². The second-order valence-corrected chi connectivity index (χ2v) is 5.94. The molecule has 5 nitrogen and oxygen atoms in total. The predicted molar refractivity (Wildman–Crippen MR) is 100 cm³/mol. The minimum atomic E-state index is -1.15. The van der Waals surface area contributed by atoms with Crippen LogP contribution in [0.5, 0.6) is 0 Å². The molecule has 0 aliphatic rings. The Morgan fingerprint density at radius 3 is 2.48 bits per heavy atom. The Kier molecular flexibility index (Phi) is 5.38. The van der Waals surface area contributed by atoms with Crippen molar-refractivity contribution in [3.05, 3.63) is 82.8 Å². The lowest BCUT2D eigenvalue weighted by atomic mass is 10.2. The van der Waals surface area contributed by atoms with E-state index in [1.807, 2.05) is 0 Å². The first-order valence-electron chi connectivity index (χ1n) is 7.80. The Labute approximate surface area is 158 Å². The van der Waals surface area contributed by atoms with E-state index in [2.05, 4.69) is 5.32 Å². The number of carbonyl (C=O) groups excluding carboxylic acids is 1. The van der Waals surface area contributed by atoms with Gasteiger partial charge in [-0.25, -0.2) is 9.18 Å². The van der Waals surface area contributed by atoms with E-state index in [-0.39, 0.29) is 16.4 Å². The van der Waals surface area contributed by atoms with E-state index < -0.39 is 11.9 Å². The Morgan fingerprint density at radius 1 is 1.07 bits per heavy atom. The van der Waals surface area contributed by atoms with Crippen LogP contribution in [0.4, 0.5) is 10.1 Å². The number of amides is 1. The average molecular weight is 386 g/mol. The van der Waals surface area contributed by atoms with Crippen LogP contribution in [0.1, 0.15) is 16.1 Å². The molecule has 0 aliphatic carbocycles. The van der Waals surface area contributed by atoms with Gasteiger partial charge in [0.2, 0.25) is 5.91 Å². The molecule has 0 saturated heterocycles. The topological polar surface area (TPSA) is 79.5 Å². The molecule has 3 aromatic rings. The van der Waals surface area contributed by atoms with Gasteiger partial charge in [-0.2, -0.15) is 0 Å². The second-order valence-electron chi connectivity index (χ2n) is 5.53. The van der Waals surface area contributed by atoms with Gasteiger partial charge in [0.15, 0.2) is 0 Å². The molecular weight excluding hydrogens is 373 g/mol. The predicted octanol–water partition coefficient (Wildman–Crippen LogP) is 5.09. The molecule has 1 heterocycles. The van der Waals surface area contributed by atoms with E-state index in [0.717, 1.165) is 0 Å². The van der Waals surface area contributed by atoms with Crippen molar-refractivity contribution in [2.45, 2.75) is 0 Å². The zero-order chi connectivity index (χ0) is 19.4. The molecule has 0 radical (unpaired) electrons. The highest BCUT2D eigenvalue weighted by molar-refractivity contribution is 6.33. The van der Waals surface area contributed by atoms with Gasteiger partial charge in [0.1, 0.15) is 17.3 Å². The fourth-order valence-corrected chi connectivity index (χ4v) is 2.58. The van der Waals surface area contributed by atoms with Crippen LogP contribution in [0.3, 0.4) is 0 Å². The summed E-state index contributed by atoms with van der Waals surface area (Å²) < 4.78 is 18.6. The molecule has 2 N–H and O–H groups in total. The lowest BCUT2D eigenvalue weighted by Gasteiger charge is -2.04. The number of carbonyl (C=O) groups is 2. The summed E-state index contributed by atoms with van der Waals surface area (Å²) in [5.41, 5.74) is 1.04. The summed E-state index contributed by atoms with van der Waals surface area (Å²) in [7, 11) is 0. The zero-order valence-electron chi connectivity index (χ0n) is 13.8. The van der Waals surface area contributed by atoms with Crippen LogP contribution in [0.2, 0.25) is 5.02 Å². The number of carboxylic acid groups (broad SMARTS) is 1. The molecule has 0 unspecified atom stereocenters. The molecule has 0 atom stereocenters. The van der Waals surface area contributed by atoms with Crippen molar-refractivity contribution in [2.75, 3.05) is 5.32 Å². The number of hydrogen-bond donors (Lipinski definition) is 2. The molecule has 0 saturated carbocycles. The molecule has 27 heavy (non-hydrogen) atoms. The molecule has 0 spiro atoms. The van der Waals surface area contributed by atoms with E-state index in [1.54, 1.807) is 24.3 Å². The summed E-state index contributed by atoms with van der Waals surface area (Å²) in [5.74, 6) is -0.921. The monoisotopic (exact) mass is 385 g/mol. The fourth-order valence-electron chi connectivity index (χ4n) is 2.32. The minimum absolute atomic E-state index is 0.0271. The fraction of sp³-hybridized carbons (Fsp3) is 0. The number of hydrogen-bond acceptors (Lipinski definition) is 3. The normalized spacial score (nSPS) is 10.9. The maximum atomic E-state index is 13.0. The number of carboxylic acids is 1. The van der Waals surface area contributed by atoms with Crippen LogP contribution >= 0.6 is 11.6 Å². The molecule has 1 aromatic heterocycles. The van der Waals surface area contributed by atoms with Gasteiger partial charge >= 0.3 is 5.97 Å². The van der Waals surface area contributed by atoms with Crippen LogP contribution in [0.25, 0.3) is 17.4 Å². The number of nitrogens with one attached hydrogen (secondary N) is 1. The number of aromatic carboxylic acids is 1. The lowest BCUT2D eigenvalue weighted by Crippen LogP contribution is -2.08. The van der Waals surface area contributed by atoms with Gasteiger partial charge < -0.3 is 14.8 Å². The van der Waals surface area contributed by atoms with Crippen LogP contribution < -0.4 is 5.32 Å². The molecule has 2 aromatic carbocycles. The highest BCUT2D eigenvalue weighted by Crippen LogP contribution is 2.23. The molecule has 0 aliphatic heterocycles. The first-order valence-corrected chi connectivity index (χ1v) is 8.18. The first-order chi connectivity index (χ1) is 12.9.